The van der Waals surface area contributed by atoms with Gasteiger partial charge in [-0.15, -0.1) is 0 Å². The second-order valence-corrected chi connectivity index (χ2v) is 15.6. The molecule has 9 rings (SSSR count). The Bertz CT molecular complexity index is 2110. The largest absolute Gasteiger partial charge is 0.309 e. The van der Waals surface area contributed by atoms with Gasteiger partial charge in [-0.05, 0) is 84.9 Å². The lowest BCUT2D eigenvalue weighted by atomic mass is 9.96. The highest BCUT2D eigenvalue weighted by Crippen LogP contribution is 2.49. The molecule has 0 atom stereocenters. The van der Waals surface area contributed by atoms with Crippen LogP contribution in [0.5, 0.6) is 0 Å². The molecule has 0 saturated heterocycles. The first-order chi connectivity index (χ1) is 18.6. The maximum absolute atomic E-state index is 2.55. The summed E-state index contributed by atoms with van der Waals surface area (Å²) in [6, 6.07) is 43.2. The number of aromatic nitrogens is 1. The molecule has 0 N–H and O–H groups in total. The zero-order valence-electron chi connectivity index (χ0n) is 21.4. The van der Waals surface area contributed by atoms with Crippen molar-refractivity contribution in [2.75, 3.05) is 0 Å². The normalized spacial score (nSPS) is 14.3. The fourth-order valence-corrected chi connectivity index (χ4v) is 10.9. The smallest absolute Gasteiger partial charge is 0.114 e. The first-order valence-corrected chi connectivity index (χ1v) is 16.5. The summed E-state index contributed by atoms with van der Waals surface area (Å²) in [7, 11) is -1.96. The van der Waals surface area contributed by atoms with Crippen LogP contribution in [0.2, 0.25) is 13.1 Å². The number of hydrogen-bond donors (Lipinski definition) is 0. The molecule has 0 saturated carbocycles. The van der Waals surface area contributed by atoms with Crippen LogP contribution in [0.25, 0.3) is 71.6 Å². The molecule has 1 aromatic heterocycles. The van der Waals surface area contributed by atoms with Crippen LogP contribution in [-0.2, 0) is 0 Å². The van der Waals surface area contributed by atoms with Crippen molar-refractivity contribution >= 4 is 51.0 Å². The molecule has 178 valence electrons. The number of rotatable bonds is 1. The van der Waals surface area contributed by atoms with Crippen LogP contribution in [0.4, 0.5) is 0 Å². The van der Waals surface area contributed by atoms with E-state index in [0.717, 1.165) is 0 Å². The van der Waals surface area contributed by atoms with E-state index in [1.165, 1.54) is 71.6 Å². The lowest BCUT2D eigenvalue weighted by Crippen LogP contribution is -2.49. The highest BCUT2D eigenvalue weighted by atomic mass is 28.3. The van der Waals surface area contributed by atoms with Crippen molar-refractivity contribution in [1.82, 2.24) is 4.57 Å². The third kappa shape index (κ3) is 2.38. The second kappa shape index (κ2) is 6.92. The van der Waals surface area contributed by atoms with Crippen molar-refractivity contribution in [3.63, 3.8) is 0 Å². The molecule has 0 fully saturated rings. The van der Waals surface area contributed by atoms with Crippen molar-refractivity contribution in [2.24, 2.45) is 0 Å². The van der Waals surface area contributed by atoms with Gasteiger partial charge in [0, 0.05) is 16.5 Å². The maximum atomic E-state index is 2.55. The van der Waals surface area contributed by atoms with Crippen molar-refractivity contribution in [2.45, 2.75) is 13.1 Å². The van der Waals surface area contributed by atoms with Gasteiger partial charge in [0.15, 0.2) is 0 Å². The molecule has 38 heavy (non-hydrogen) atoms. The molecule has 0 bridgehead atoms. The van der Waals surface area contributed by atoms with Crippen molar-refractivity contribution < 1.29 is 0 Å². The molecule has 0 unspecified atom stereocenters. The summed E-state index contributed by atoms with van der Waals surface area (Å²) in [5, 5.41) is 8.67. The van der Waals surface area contributed by atoms with Gasteiger partial charge in [0.2, 0.25) is 0 Å². The Kier molecular flexibility index (Phi) is 3.75. The van der Waals surface area contributed by atoms with Gasteiger partial charge in [-0.3, -0.25) is 0 Å². The zero-order chi connectivity index (χ0) is 25.2. The fourth-order valence-electron chi connectivity index (χ4n) is 7.52. The Morgan fingerprint density at radius 1 is 0.474 bits per heavy atom. The third-order valence-electron chi connectivity index (χ3n) is 9.10. The summed E-state index contributed by atoms with van der Waals surface area (Å²) in [5.74, 6) is 0. The molecule has 0 spiro atoms. The number of fused-ring (bicyclic) bond motifs is 10. The van der Waals surface area contributed by atoms with E-state index in [9.17, 15) is 0 Å². The predicted octanol–water partition coefficient (Wildman–Crippen LogP) is 8.39. The van der Waals surface area contributed by atoms with Crippen LogP contribution in [0.1, 0.15) is 0 Å². The summed E-state index contributed by atoms with van der Waals surface area (Å²) in [6.07, 6.45) is 0. The molecule has 0 radical (unpaired) electrons. The molecular formula is C36H25NSi. The third-order valence-corrected chi connectivity index (χ3v) is 12.6. The molecule has 1 aliphatic carbocycles. The molecule has 2 aliphatic rings. The Morgan fingerprint density at radius 3 is 1.82 bits per heavy atom. The molecule has 7 aromatic rings. The van der Waals surface area contributed by atoms with Crippen LogP contribution in [0.3, 0.4) is 0 Å². The summed E-state index contributed by atoms with van der Waals surface area (Å²) < 4.78 is 2.46. The minimum Gasteiger partial charge on any atom is -0.309 e. The molecule has 6 aromatic carbocycles. The molecule has 2 heteroatoms. The monoisotopic (exact) mass is 499 g/mol. The summed E-state index contributed by atoms with van der Waals surface area (Å²) in [6.45, 7) is 5.09. The van der Waals surface area contributed by atoms with Gasteiger partial charge < -0.3 is 4.57 Å². The van der Waals surface area contributed by atoms with Crippen molar-refractivity contribution in [3.05, 3.63) is 115 Å². The molecule has 0 amide bonds. The van der Waals surface area contributed by atoms with Gasteiger partial charge in [-0.25, -0.2) is 0 Å². The minimum atomic E-state index is -1.96. The van der Waals surface area contributed by atoms with E-state index in [1.54, 1.807) is 10.4 Å². The predicted molar refractivity (Wildman–Crippen MR) is 165 cm³/mol. The van der Waals surface area contributed by atoms with Crippen molar-refractivity contribution in [1.29, 1.82) is 0 Å². The van der Waals surface area contributed by atoms with E-state index in [0.29, 0.717) is 0 Å². The van der Waals surface area contributed by atoms with E-state index in [1.807, 2.05) is 0 Å². The molecule has 1 aliphatic heterocycles. The number of nitrogens with zero attached hydrogens (tertiary/aromatic N) is 1. The van der Waals surface area contributed by atoms with Gasteiger partial charge in [-0.1, -0.05) is 98.0 Å². The van der Waals surface area contributed by atoms with E-state index >= 15 is 0 Å². The lowest BCUT2D eigenvalue weighted by Gasteiger charge is -2.22. The van der Waals surface area contributed by atoms with Gasteiger partial charge >= 0.3 is 0 Å². The van der Waals surface area contributed by atoms with Gasteiger partial charge in [0.25, 0.3) is 0 Å². The molecular weight excluding hydrogens is 474 g/mol. The van der Waals surface area contributed by atoms with Gasteiger partial charge in [0.05, 0.1) is 11.0 Å². The summed E-state index contributed by atoms with van der Waals surface area (Å²) in [4.78, 5) is 0. The number of para-hydroxylation sites is 2. The molecule has 1 nitrogen and oxygen atoms in total. The Labute approximate surface area is 222 Å². The molecule has 2 heterocycles. The fraction of sp³-hybridized carbons (Fsp3) is 0.0556. The standard InChI is InChI=1S/C36H25NSi/c1-38(2)34-20-22(37-32-16-7-5-12-25(32)26-13-6-8-17-33(26)37)18-19-27(34)31-21-30-24-11-4-3-10-23(24)28-14-9-15-29(35(28)30)36(31)38/h3-21H,1-2H3. The van der Waals surface area contributed by atoms with Gasteiger partial charge in [0.1, 0.15) is 8.07 Å². The SMILES string of the molecule is C[Si]1(C)c2cc(-n3c4ccccc4c4ccccc43)ccc2-c2cc3c4c(cccc4c21)-c1ccccc1-3. The minimum absolute atomic E-state index is 1.26. The van der Waals surface area contributed by atoms with Gasteiger partial charge in [-0.2, -0.15) is 0 Å². The van der Waals surface area contributed by atoms with Crippen molar-refractivity contribution in [3.8, 4) is 39.1 Å². The van der Waals surface area contributed by atoms with Crippen LogP contribution < -0.4 is 10.4 Å². The maximum Gasteiger partial charge on any atom is 0.114 e. The van der Waals surface area contributed by atoms with E-state index in [2.05, 4.69) is 133 Å². The first kappa shape index (κ1) is 20.6. The van der Waals surface area contributed by atoms with Crippen LogP contribution in [0.15, 0.2) is 115 Å². The summed E-state index contributed by atoms with van der Waals surface area (Å²) >= 11 is 0. The van der Waals surface area contributed by atoms with E-state index in [4.69, 9.17) is 0 Å². The number of hydrogen-bond acceptors (Lipinski definition) is 0. The highest BCUT2D eigenvalue weighted by molar-refractivity contribution is 7.05. The first-order valence-electron chi connectivity index (χ1n) is 13.5. The quantitative estimate of drug-likeness (QED) is 0.200. The number of benzene rings is 6. The Hall–Kier alpha value is -4.40. The average molecular weight is 500 g/mol. The Morgan fingerprint density at radius 2 is 1.08 bits per heavy atom. The lowest BCUT2D eigenvalue weighted by molar-refractivity contribution is 1.18. The van der Waals surface area contributed by atoms with Crippen LogP contribution in [0, 0.1) is 0 Å². The highest BCUT2D eigenvalue weighted by Gasteiger charge is 2.41. The topological polar surface area (TPSA) is 4.93 Å². The second-order valence-electron chi connectivity index (χ2n) is 11.3. The summed E-state index contributed by atoms with van der Waals surface area (Å²) in [5.41, 5.74) is 12.2. The zero-order valence-corrected chi connectivity index (χ0v) is 22.4. The van der Waals surface area contributed by atoms with E-state index < -0.39 is 8.07 Å². The van der Waals surface area contributed by atoms with Crippen LogP contribution >= 0.6 is 0 Å². The van der Waals surface area contributed by atoms with E-state index in [-0.39, 0.29) is 0 Å². The Balaban J connectivity index is 1.34. The average Bonchev–Trinajstić information content (AvgIpc) is 3.54. The van der Waals surface area contributed by atoms with Crippen LogP contribution in [-0.4, -0.2) is 12.6 Å².